The Kier molecular flexibility index (Phi) is 4.09. The van der Waals surface area contributed by atoms with Crippen LogP contribution in [0.5, 0.6) is 0 Å². The Morgan fingerprint density at radius 2 is 1.81 bits per heavy atom. The van der Waals surface area contributed by atoms with Crippen LogP contribution in [-0.4, -0.2) is 5.60 Å². The molecule has 1 nitrogen and oxygen atoms in total. The van der Waals surface area contributed by atoms with E-state index in [1.807, 2.05) is 24.8 Å². The van der Waals surface area contributed by atoms with Gasteiger partial charge in [0.15, 0.2) is 0 Å². The molecule has 0 saturated carbocycles. The Labute approximate surface area is 130 Å². The maximum Gasteiger partial charge on any atom is 0.114 e. The predicted molar refractivity (Wildman–Crippen MR) is 90.5 cm³/mol. The molecule has 1 heterocycles. The summed E-state index contributed by atoms with van der Waals surface area (Å²) < 4.78 is 7.37. The van der Waals surface area contributed by atoms with Gasteiger partial charge < -0.3 is 4.74 Å². The van der Waals surface area contributed by atoms with Crippen molar-refractivity contribution in [3.63, 3.8) is 0 Å². The molecule has 3 aromatic rings. The van der Waals surface area contributed by atoms with Crippen LogP contribution in [0, 0.1) is 6.61 Å². The van der Waals surface area contributed by atoms with Gasteiger partial charge in [-0.2, -0.15) is 0 Å². The maximum absolute atomic E-state index is 6.02. The Bertz CT molecular complexity index is 713. The molecule has 0 bridgehead atoms. The average Bonchev–Trinajstić information content (AvgIpc) is 2.96. The number of ether oxygens (including phenoxy) is 1. The SMILES string of the molecule is CC(C)(Cc1cccc2sccc12)O[CH]c1ccccc1. The zero-order valence-corrected chi connectivity index (χ0v) is 13.2. The summed E-state index contributed by atoms with van der Waals surface area (Å²) in [5, 5.41) is 3.50. The van der Waals surface area contributed by atoms with E-state index in [9.17, 15) is 0 Å². The van der Waals surface area contributed by atoms with Gasteiger partial charge >= 0.3 is 0 Å². The number of thiophene rings is 1. The molecule has 0 atom stereocenters. The molecule has 0 amide bonds. The Morgan fingerprint density at radius 3 is 2.62 bits per heavy atom. The first-order chi connectivity index (χ1) is 10.1. The summed E-state index contributed by atoms with van der Waals surface area (Å²) in [4.78, 5) is 0. The quantitative estimate of drug-likeness (QED) is 0.608. The van der Waals surface area contributed by atoms with Crippen molar-refractivity contribution >= 4 is 21.4 Å². The fourth-order valence-electron chi connectivity index (χ4n) is 2.47. The molecule has 0 fully saturated rings. The number of benzene rings is 2. The molecule has 1 radical (unpaired) electrons. The molecule has 0 unspecified atom stereocenters. The van der Waals surface area contributed by atoms with Gasteiger partial charge in [0.05, 0.1) is 5.60 Å². The topological polar surface area (TPSA) is 9.23 Å². The zero-order valence-electron chi connectivity index (χ0n) is 12.4. The van der Waals surface area contributed by atoms with Gasteiger partial charge in [0.1, 0.15) is 6.61 Å². The highest BCUT2D eigenvalue weighted by molar-refractivity contribution is 7.17. The van der Waals surface area contributed by atoms with Crippen molar-refractivity contribution in [1.29, 1.82) is 0 Å². The largest absolute Gasteiger partial charge is 0.364 e. The van der Waals surface area contributed by atoms with Crippen molar-refractivity contribution in [3.8, 4) is 0 Å². The monoisotopic (exact) mass is 295 g/mol. The molecule has 2 heteroatoms. The van der Waals surface area contributed by atoms with Gasteiger partial charge in [-0.25, -0.2) is 0 Å². The first kappa shape index (κ1) is 14.3. The molecule has 0 aliphatic rings. The lowest BCUT2D eigenvalue weighted by atomic mass is 9.96. The van der Waals surface area contributed by atoms with E-state index in [1.54, 1.807) is 11.3 Å². The molecule has 0 N–H and O–H groups in total. The van der Waals surface area contributed by atoms with Crippen LogP contribution >= 0.6 is 11.3 Å². The minimum Gasteiger partial charge on any atom is -0.364 e. The second kappa shape index (κ2) is 6.00. The molecular formula is C19H19OS. The van der Waals surface area contributed by atoms with Gasteiger partial charge in [0.25, 0.3) is 0 Å². The van der Waals surface area contributed by atoms with Crippen molar-refractivity contribution in [2.45, 2.75) is 25.9 Å². The van der Waals surface area contributed by atoms with Gasteiger partial charge in [0, 0.05) is 11.1 Å². The standard InChI is InChI=1S/C19H19OS/c1-19(2,20-14-15-7-4-3-5-8-15)13-16-9-6-10-18-17(16)11-12-21-18/h3-12,14H,13H2,1-2H3. The third kappa shape index (κ3) is 3.52. The molecule has 0 spiro atoms. The van der Waals surface area contributed by atoms with E-state index in [0.717, 1.165) is 12.0 Å². The van der Waals surface area contributed by atoms with Crippen LogP contribution in [0.25, 0.3) is 10.1 Å². The van der Waals surface area contributed by atoms with Crippen LogP contribution in [0.4, 0.5) is 0 Å². The van der Waals surface area contributed by atoms with Gasteiger partial charge in [-0.15, -0.1) is 11.3 Å². The van der Waals surface area contributed by atoms with Crippen LogP contribution in [0.1, 0.15) is 25.0 Å². The maximum atomic E-state index is 6.02. The summed E-state index contributed by atoms with van der Waals surface area (Å²) in [6.07, 6.45) is 0.893. The summed E-state index contributed by atoms with van der Waals surface area (Å²) in [6, 6.07) is 18.9. The van der Waals surface area contributed by atoms with Crippen LogP contribution in [0.3, 0.4) is 0 Å². The molecule has 3 rings (SSSR count). The lowest BCUT2D eigenvalue weighted by Gasteiger charge is -2.25. The van der Waals surface area contributed by atoms with Crippen molar-refractivity contribution in [2.24, 2.45) is 0 Å². The molecule has 2 aromatic carbocycles. The highest BCUT2D eigenvalue weighted by atomic mass is 32.1. The first-order valence-corrected chi connectivity index (χ1v) is 8.03. The third-order valence-electron chi connectivity index (χ3n) is 3.52. The number of hydrogen-bond donors (Lipinski definition) is 0. The molecule has 1 aromatic heterocycles. The van der Waals surface area contributed by atoms with E-state index in [1.165, 1.54) is 15.6 Å². The van der Waals surface area contributed by atoms with Gasteiger partial charge in [-0.1, -0.05) is 42.5 Å². The van der Waals surface area contributed by atoms with Crippen LogP contribution in [0.15, 0.2) is 60.0 Å². The van der Waals surface area contributed by atoms with E-state index >= 15 is 0 Å². The molecule has 0 saturated heterocycles. The lowest BCUT2D eigenvalue weighted by molar-refractivity contribution is 0.0344. The molecule has 21 heavy (non-hydrogen) atoms. The minimum absolute atomic E-state index is 0.230. The van der Waals surface area contributed by atoms with Crippen LogP contribution < -0.4 is 0 Å². The van der Waals surface area contributed by atoms with Crippen LogP contribution in [0.2, 0.25) is 0 Å². The predicted octanol–water partition coefficient (Wildman–Crippen LogP) is 5.45. The smallest absolute Gasteiger partial charge is 0.114 e. The van der Waals surface area contributed by atoms with Gasteiger partial charge in [-0.3, -0.25) is 0 Å². The van der Waals surface area contributed by atoms with E-state index in [-0.39, 0.29) is 5.60 Å². The highest BCUT2D eigenvalue weighted by Crippen LogP contribution is 2.28. The fourth-order valence-corrected chi connectivity index (χ4v) is 3.30. The Hall–Kier alpha value is -1.64. The van der Waals surface area contributed by atoms with E-state index in [2.05, 4.69) is 55.6 Å². The molecular weight excluding hydrogens is 276 g/mol. The number of fused-ring (bicyclic) bond motifs is 1. The minimum atomic E-state index is -0.230. The summed E-state index contributed by atoms with van der Waals surface area (Å²) in [5.41, 5.74) is 2.21. The molecule has 0 aliphatic heterocycles. The summed E-state index contributed by atoms with van der Waals surface area (Å²) in [6.45, 7) is 6.13. The number of rotatable bonds is 5. The fraction of sp³-hybridized carbons (Fsp3) is 0.211. The molecule has 0 aliphatic carbocycles. The van der Waals surface area contributed by atoms with Gasteiger partial charge in [-0.05, 0) is 47.9 Å². The highest BCUT2D eigenvalue weighted by Gasteiger charge is 2.20. The zero-order chi connectivity index (χ0) is 14.7. The second-order valence-corrected chi connectivity index (χ2v) is 6.78. The van der Waals surface area contributed by atoms with Crippen molar-refractivity contribution in [2.75, 3.05) is 0 Å². The normalized spacial score (nSPS) is 11.9. The average molecular weight is 295 g/mol. The first-order valence-electron chi connectivity index (χ1n) is 7.15. The van der Waals surface area contributed by atoms with Crippen molar-refractivity contribution < 1.29 is 4.74 Å². The summed E-state index contributed by atoms with van der Waals surface area (Å²) in [7, 11) is 0. The molecule has 107 valence electrons. The summed E-state index contributed by atoms with van der Waals surface area (Å²) in [5.74, 6) is 0. The number of hydrogen-bond acceptors (Lipinski definition) is 2. The van der Waals surface area contributed by atoms with Crippen molar-refractivity contribution in [3.05, 3.63) is 77.7 Å². The van der Waals surface area contributed by atoms with Crippen molar-refractivity contribution in [1.82, 2.24) is 0 Å². The second-order valence-electron chi connectivity index (χ2n) is 5.83. The third-order valence-corrected chi connectivity index (χ3v) is 4.40. The lowest BCUT2D eigenvalue weighted by Crippen LogP contribution is -2.26. The van der Waals surface area contributed by atoms with E-state index < -0.39 is 0 Å². The Morgan fingerprint density at radius 1 is 1.00 bits per heavy atom. The Balaban J connectivity index is 1.72. The van der Waals surface area contributed by atoms with E-state index in [0.29, 0.717) is 0 Å². The van der Waals surface area contributed by atoms with Gasteiger partial charge in [0.2, 0.25) is 0 Å². The van der Waals surface area contributed by atoms with E-state index in [4.69, 9.17) is 4.74 Å². The summed E-state index contributed by atoms with van der Waals surface area (Å²) >= 11 is 1.79. The van der Waals surface area contributed by atoms with Crippen LogP contribution in [-0.2, 0) is 11.2 Å².